The smallest absolute Gasteiger partial charge is 0.223 e. The summed E-state index contributed by atoms with van der Waals surface area (Å²) < 4.78 is 27.3. The van der Waals surface area contributed by atoms with E-state index in [-0.39, 0.29) is 18.5 Å². The van der Waals surface area contributed by atoms with Crippen molar-refractivity contribution >= 4 is 15.9 Å². The normalized spacial score (nSPS) is 14.6. The molecule has 0 radical (unpaired) electrons. The zero-order valence-corrected chi connectivity index (χ0v) is 16.8. The van der Waals surface area contributed by atoms with Crippen molar-refractivity contribution in [2.24, 2.45) is 0 Å². The Balaban J connectivity index is 1.73. The van der Waals surface area contributed by atoms with Crippen LogP contribution in [-0.4, -0.2) is 46.8 Å². The number of carbonyl (C=O) groups is 1. The van der Waals surface area contributed by atoms with E-state index in [1.165, 1.54) is 0 Å². The molecule has 9 heteroatoms. The number of carbonyl (C=O) groups excluding carboxylic acids is 1. The molecule has 2 aromatic heterocycles. The highest BCUT2D eigenvalue weighted by Crippen LogP contribution is 2.26. The Morgan fingerprint density at radius 2 is 2.19 bits per heavy atom. The first-order valence-corrected chi connectivity index (χ1v) is 11.1. The first-order valence-electron chi connectivity index (χ1n) is 9.18. The lowest BCUT2D eigenvalue weighted by molar-refractivity contribution is -0.132. The van der Waals surface area contributed by atoms with Crippen molar-refractivity contribution in [3.8, 4) is 0 Å². The van der Waals surface area contributed by atoms with E-state index >= 15 is 0 Å². The number of H-pyrrole nitrogens is 1. The molecule has 0 saturated heterocycles. The van der Waals surface area contributed by atoms with Gasteiger partial charge in [-0.25, -0.2) is 13.1 Å². The molecule has 2 N–H and O–H groups in total. The number of rotatable bonds is 7. The molecule has 2 aromatic rings. The number of aryl methyl sites for hydroxylation is 1. The van der Waals surface area contributed by atoms with Gasteiger partial charge in [-0.05, 0) is 38.8 Å². The van der Waals surface area contributed by atoms with Crippen molar-refractivity contribution in [1.82, 2.24) is 24.4 Å². The topological polar surface area (TPSA) is 100 Å². The van der Waals surface area contributed by atoms with Gasteiger partial charge in [0.15, 0.2) is 0 Å². The lowest BCUT2D eigenvalue weighted by Crippen LogP contribution is -2.37. The predicted molar refractivity (Wildman–Crippen MR) is 103 cm³/mol. The van der Waals surface area contributed by atoms with Crippen LogP contribution in [0.3, 0.4) is 0 Å². The Labute approximate surface area is 160 Å². The number of amides is 1. The third kappa shape index (κ3) is 4.78. The van der Waals surface area contributed by atoms with E-state index in [9.17, 15) is 13.2 Å². The van der Waals surface area contributed by atoms with Gasteiger partial charge in [0.1, 0.15) is 0 Å². The van der Waals surface area contributed by atoms with E-state index in [2.05, 4.69) is 14.8 Å². The molecule has 148 valence electrons. The van der Waals surface area contributed by atoms with Crippen molar-refractivity contribution in [3.63, 3.8) is 0 Å². The maximum absolute atomic E-state index is 12.6. The lowest BCUT2D eigenvalue weighted by atomic mass is 10.0. The molecule has 0 bridgehead atoms. The molecule has 0 saturated carbocycles. The van der Waals surface area contributed by atoms with Gasteiger partial charge in [0.2, 0.25) is 15.9 Å². The van der Waals surface area contributed by atoms with Crippen molar-refractivity contribution in [2.75, 3.05) is 12.8 Å². The molecule has 1 aliphatic rings. The van der Waals surface area contributed by atoms with Crippen molar-refractivity contribution in [2.45, 2.75) is 52.2 Å². The van der Waals surface area contributed by atoms with Crippen molar-refractivity contribution in [3.05, 3.63) is 41.0 Å². The second kappa shape index (κ2) is 7.85. The lowest BCUT2D eigenvalue weighted by Gasteiger charge is -2.28. The number of aromatic nitrogens is 3. The second-order valence-electron chi connectivity index (χ2n) is 7.26. The minimum atomic E-state index is -3.28. The molecule has 1 amide bonds. The van der Waals surface area contributed by atoms with Gasteiger partial charge in [0, 0.05) is 36.5 Å². The molecule has 0 atom stereocenters. The molecule has 3 heterocycles. The molecule has 0 aromatic carbocycles. The van der Waals surface area contributed by atoms with Crippen molar-refractivity contribution < 1.29 is 13.2 Å². The zero-order valence-electron chi connectivity index (χ0n) is 16.0. The Morgan fingerprint density at radius 3 is 2.81 bits per heavy atom. The number of hydrogen-bond donors (Lipinski definition) is 2. The highest BCUT2D eigenvalue weighted by molar-refractivity contribution is 7.88. The summed E-state index contributed by atoms with van der Waals surface area (Å²) in [6.45, 7) is 5.40. The van der Waals surface area contributed by atoms with Gasteiger partial charge in [-0.2, -0.15) is 5.10 Å². The number of sulfonamides is 1. The molecule has 27 heavy (non-hydrogen) atoms. The van der Waals surface area contributed by atoms with Crippen LogP contribution in [0.15, 0.2) is 18.3 Å². The number of nitrogens with one attached hydrogen (secondary N) is 2. The Hall–Kier alpha value is -2.13. The minimum absolute atomic E-state index is 0.127. The summed E-state index contributed by atoms with van der Waals surface area (Å²) in [7, 11) is -3.28. The highest BCUT2D eigenvalue weighted by Gasteiger charge is 2.28. The average molecular weight is 394 g/mol. The quantitative estimate of drug-likeness (QED) is 0.742. The molecule has 0 aliphatic carbocycles. The zero-order chi connectivity index (χ0) is 19.6. The number of hydrogen-bond acceptors (Lipinski definition) is 4. The molecular formula is C18H27N5O3S. The Bertz CT molecular complexity index is 900. The first kappa shape index (κ1) is 19.6. The van der Waals surface area contributed by atoms with Crippen LogP contribution in [0.1, 0.15) is 49.0 Å². The van der Waals surface area contributed by atoms with Gasteiger partial charge in [0.05, 0.1) is 30.7 Å². The molecule has 0 spiro atoms. The maximum Gasteiger partial charge on any atom is 0.223 e. The average Bonchev–Trinajstić information content (AvgIpc) is 3.24. The summed E-state index contributed by atoms with van der Waals surface area (Å²) >= 11 is 0. The fraction of sp³-hybridized carbons (Fsp3) is 0.556. The second-order valence-corrected chi connectivity index (χ2v) is 9.10. The van der Waals surface area contributed by atoms with Crippen LogP contribution >= 0.6 is 0 Å². The summed E-state index contributed by atoms with van der Waals surface area (Å²) in [5.41, 5.74) is 3.88. The van der Waals surface area contributed by atoms with Crippen molar-refractivity contribution in [1.29, 1.82) is 0 Å². The third-order valence-electron chi connectivity index (χ3n) is 4.79. The van der Waals surface area contributed by atoms with Crippen LogP contribution in [0.25, 0.3) is 0 Å². The van der Waals surface area contributed by atoms with Crippen LogP contribution in [0.2, 0.25) is 0 Å². The van der Waals surface area contributed by atoms with Crippen LogP contribution in [0.5, 0.6) is 0 Å². The Kier molecular flexibility index (Phi) is 5.71. The number of aromatic amines is 1. The summed E-state index contributed by atoms with van der Waals surface area (Å²) in [4.78, 5) is 17.6. The minimum Gasteiger partial charge on any atom is -0.365 e. The summed E-state index contributed by atoms with van der Waals surface area (Å²) in [5, 5.41) is 4.62. The Morgan fingerprint density at radius 1 is 1.41 bits per heavy atom. The maximum atomic E-state index is 12.6. The van der Waals surface area contributed by atoms with Gasteiger partial charge in [-0.1, -0.05) is 0 Å². The van der Waals surface area contributed by atoms with Gasteiger partial charge in [-0.3, -0.25) is 9.48 Å². The standard InChI is InChI=1S/C18H27N5O3S/c1-13(2)23-17-12-22(18(24)7-6-14-5-4-9-19-14)10-8-15(17)16(21-23)11-20-27(3,25)26/h4-5,9,13,19-20H,6-8,10-12H2,1-3H3. The van der Waals surface area contributed by atoms with Crippen LogP contribution in [0.4, 0.5) is 0 Å². The predicted octanol–water partition coefficient (Wildman–Crippen LogP) is 1.36. The van der Waals surface area contributed by atoms with E-state index in [4.69, 9.17) is 0 Å². The van der Waals surface area contributed by atoms with Crippen LogP contribution in [0, 0.1) is 0 Å². The molecule has 1 aliphatic heterocycles. The molecule has 0 fully saturated rings. The number of fused-ring (bicyclic) bond motifs is 1. The van der Waals surface area contributed by atoms with Gasteiger partial charge >= 0.3 is 0 Å². The SMILES string of the molecule is CC(C)n1nc(CNS(C)(=O)=O)c2c1CN(C(=O)CCc1ccc[nH]1)CC2. The summed E-state index contributed by atoms with van der Waals surface area (Å²) in [5.74, 6) is 0.127. The van der Waals surface area contributed by atoms with Crippen LogP contribution in [-0.2, 0) is 40.7 Å². The van der Waals surface area contributed by atoms with Gasteiger partial charge in [0.25, 0.3) is 0 Å². The van der Waals surface area contributed by atoms with E-state index in [0.29, 0.717) is 32.4 Å². The fourth-order valence-corrected chi connectivity index (χ4v) is 3.82. The van der Waals surface area contributed by atoms with E-state index in [1.54, 1.807) is 0 Å². The number of nitrogens with zero attached hydrogens (tertiary/aromatic N) is 3. The first-order chi connectivity index (χ1) is 12.7. The van der Waals surface area contributed by atoms with E-state index in [0.717, 1.165) is 28.9 Å². The van der Waals surface area contributed by atoms with Gasteiger partial charge in [-0.15, -0.1) is 0 Å². The van der Waals surface area contributed by atoms with Crippen LogP contribution < -0.4 is 4.72 Å². The highest BCUT2D eigenvalue weighted by atomic mass is 32.2. The summed E-state index contributed by atoms with van der Waals surface area (Å²) in [6.07, 6.45) is 4.86. The summed E-state index contributed by atoms with van der Waals surface area (Å²) in [6, 6.07) is 4.05. The fourth-order valence-electron chi connectivity index (χ4n) is 3.42. The van der Waals surface area contributed by atoms with E-state index in [1.807, 2.05) is 41.8 Å². The molecule has 8 nitrogen and oxygen atoms in total. The molecule has 3 rings (SSSR count). The third-order valence-corrected chi connectivity index (χ3v) is 5.46. The molecular weight excluding hydrogens is 366 g/mol. The molecule has 0 unspecified atom stereocenters. The largest absolute Gasteiger partial charge is 0.365 e. The van der Waals surface area contributed by atoms with E-state index < -0.39 is 10.0 Å². The monoisotopic (exact) mass is 393 g/mol. The van der Waals surface area contributed by atoms with Gasteiger partial charge < -0.3 is 9.88 Å².